The lowest BCUT2D eigenvalue weighted by atomic mass is 9.96. The Morgan fingerprint density at radius 3 is 2.56 bits per heavy atom. The molecule has 0 aromatic rings. The number of ketones is 1. The van der Waals surface area contributed by atoms with E-state index in [-0.39, 0.29) is 6.04 Å². The number of carbonyl (C=O) groups is 1. The summed E-state index contributed by atoms with van der Waals surface area (Å²) in [6.07, 6.45) is 8.89. The summed E-state index contributed by atoms with van der Waals surface area (Å²) < 4.78 is 0. The fraction of sp³-hybridized carbons (Fsp3) is 0.933. The Morgan fingerprint density at radius 1 is 1.11 bits per heavy atom. The fourth-order valence-corrected chi connectivity index (χ4v) is 3.54. The smallest absolute Gasteiger partial charge is 0.146 e. The van der Waals surface area contributed by atoms with E-state index in [1.807, 2.05) is 0 Å². The summed E-state index contributed by atoms with van der Waals surface area (Å²) in [7, 11) is 2.25. The predicted molar refractivity (Wildman–Crippen MR) is 74.8 cm³/mol. The lowest BCUT2D eigenvalue weighted by Gasteiger charge is -2.37. The minimum absolute atomic E-state index is 0.215. The highest BCUT2D eigenvalue weighted by Gasteiger charge is 2.27. The van der Waals surface area contributed by atoms with Gasteiger partial charge in [0.1, 0.15) is 5.78 Å². The molecular formula is C15H28N2O. The molecule has 0 spiro atoms. The first-order valence-corrected chi connectivity index (χ1v) is 7.63. The van der Waals surface area contributed by atoms with Crippen LogP contribution in [0.2, 0.25) is 0 Å². The van der Waals surface area contributed by atoms with Crippen molar-refractivity contribution >= 4 is 5.78 Å². The summed E-state index contributed by atoms with van der Waals surface area (Å²) in [5.74, 6) is 0.367. The van der Waals surface area contributed by atoms with E-state index in [0.717, 1.165) is 25.6 Å². The van der Waals surface area contributed by atoms with Crippen molar-refractivity contribution < 1.29 is 4.79 Å². The third-order valence-electron chi connectivity index (χ3n) is 4.75. The van der Waals surface area contributed by atoms with Gasteiger partial charge < -0.3 is 4.90 Å². The molecule has 0 radical (unpaired) electrons. The Labute approximate surface area is 112 Å². The minimum Gasteiger partial charge on any atom is -0.303 e. The van der Waals surface area contributed by atoms with Crippen LogP contribution in [0.4, 0.5) is 0 Å². The number of carbonyl (C=O) groups excluding carboxylic acids is 1. The molecule has 2 rings (SSSR count). The van der Waals surface area contributed by atoms with Crippen LogP contribution in [0.1, 0.15) is 51.9 Å². The zero-order valence-corrected chi connectivity index (χ0v) is 12.0. The van der Waals surface area contributed by atoms with Gasteiger partial charge in [0.25, 0.3) is 0 Å². The highest BCUT2D eigenvalue weighted by Crippen LogP contribution is 2.22. The van der Waals surface area contributed by atoms with Gasteiger partial charge in [0.05, 0.1) is 6.04 Å². The number of hydrogen-bond acceptors (Lipinski definition) is 3. The van der Waals surface area contributed by atoms with Crippen molar-refractivity contribution in [3.05, 3.63) is 0 Å². The molecule has 2 heterocycles. The van der Waals surface area contributed by atoms with Crippen LogP contribution in [0.5, 0.6) is 0 Å². The monoisotopic (exact) mass is 252 g/mol. The van der Waals surface area contributed by atoms with Crippen LogP contribution in [0.15, 0.2) is 0 Å². The van der Waals surface area contributed by atoms with Gasteiger partial charge in [-0.1, -0.05) is 12.8 Å². The van der Waals surface area contributed by atoms with Crippen molar-refractivity contribution in [2.45, 2.75) is 64.0 Å². The number of Topliss-reactive ketones (excluding diaryl/α,β-unsaturated/α-hetero) is 1. The van der Waals surface area contributed by atoms with Gasteiger partial charge >= 0.3 is 0 Å². The molecule has 3 heteroatoms. The molecule has 0 aromatic heterocycles. The zero-order chi connectivity index (χ0) is 13.0. The lowest BCUT2D eigenvalue weighted by Crippen LogP contribution is -2.46. The topological polar surface area (TPSA) is 23.6 Å². The Hall–Kier alpha value is -0.410. The van der Waals surface area contributed by atoms with E-state index in [0.29, 0.717) is 5.78 Å². The second-order valence-corrected chi connectivity index (χ2v) is 6.08. The van der Waals surface area contributed by atoms with Crippen LogP contribution in [0.25, 0.3) is 0 Å². The number of hydrogen-bond donors (Lipinski definition) is 0. The molecule has 2 aliphatic rings. The molecule has 0 aliphatic carbocycles. The minimum atomic E-state index is 0.215. The van der Waals surface area contributed by atoms with Crippen LogP contribution in [-0.2, 0) is 4.79 Å². The Morgan fingerprint density at radius 2 is 1.83 bits per heavy atom. The molecule has 3 nitrogen and oxygen atoms in total. The van der Waals surface area contributed by atoms with E-state index >= 15 is 0 Å². The van der Waals surface area contributed by atoms with Crippen LogP contribution >= 0.6 is 0 Å². The van der Waals surface area contributed by atoms with Gasteiger partial charge in [-0.05, 0) is 59.2 Å². The molecule has 2 unspecified atom stereocenters. The summed E-state index contributed by atoms with van der Waals surface area (Å²) in [4.78, 5) is 16.6. The second-order valence-electron chi connectivity index (χ2n) is 6.08. The number of piperidine rings is 2. The van der Waals surface area contributed by atoms with Gasteiger partial charge in [0.15, 0.2) is 0 Å². The zero-order valence-electron chi connectivity index (χ0n) is 12.0. The number of rotatable bonds is 4. The second kappa shape index (κ2) is 6.67. The van der Waals surface area contributed by atoms with Gasteiger partial charge in [-0.15, -0.1) is 0 Å². The molecule has 18 heavy (non-hydrogen) atoms. The van der Waals surface area contributed by atoms with Gasteiger partial charge in [-0.25, -0.2) is 0 Å². The van der Waals surface area contributed by atoms with Crippen molar-refractivity contribution in [2.75, 3.05) is 26.7 Å². The quantitative estimate of drug-likeness (QED) is 0.767. The highest BCUT2D eigenvalue weighted by molar-refractivity contribution is 5.81. The van der Waals surface area contributed by atoms with Crippen molar-refractivity contribution in [1.82, 2.24) is 9.80 Å². The molecule has 0 bridgehead atoms. The molecule has 2 fully saturated rings. The molecule has 104 valence electrons. The van der Waals surface area contributed by atoms with Gasteiger partial charge in [0.2, 0.25) is 0 Å². The summed E-state index contributed by atoms with van der Waals surface area (Å²) in [5, 5.41) is 0. The number of likely N-dealkylation sites (tertiary alicyclic amines) is 2. The predicted octanol–water partition coefficient (Wildman–Crippen LogP) is 2.30. The van der Waals surface area contributed by atoms with E-state index in [1.165, 1.54) is 45.1 Å². The normalized spacial score (nSPS) is 31.4. The van der Waals surface area contributed by atoms with E-state index in [1.54, 1.807) is 6.92 Å². The van der Waals surface area contributed by atoms with E-state index in [4.69, 9.17) is 0 Å². The third-order valence-corrected chi connectivity index (χ3v) is 4.75. The Balaban J connectivity index is 1.81. The first-order valence-electron chi connectivity index (χ1n) is 7.63. The van der Waals surface area contributed by atoms with Crippen LogP contribution < -0.4 is 0 Å². The molecular weight excluding hydrogens is 224 g/mol. The summed E-state index contributed by atoms with van der Waals surface area (Å²) in [6, 6.07) is 0.959. The molecule has 2 saturated heterocycles. The lowest BCUT2D eigenvalue weighted by molar-refractivity contribution is -0.123. The van der Waals surface area contributed by atoms with Gasteiger partial charge in [-0.3, -0.25) is 9.69 Å². The third kappa shape index (κ3) is 3.55. The fourth-order valence-electron chi connectivity index (χ4n) is 3.54. The van der Waals surface area contributed by atoms with Crippen molar-refractivity contribution in [3.8, 4) is 0 Å². The maximum absolute atomic E-state index is 11.7. The number of nitrogens with zero attached hydrogens (tertiary/aromatic N) is 2. The van der Waals surface area contributed by atoms with E-state index in [9.17, 15) is 4.79 Å². The molecule has 0 amide bonds. The van der Waals surface area contributed by atoms with Crippen LogP contribution in [-0.4, -0.2) is 54.3 Å². The van der Waals surface area contributed by atoms with Crippen molar-refractivity contribution in [2.24, 2.45) is 0 Å². The summed E-state index contributed by atoms with van der Waals surface area (Å²) in [6.45, 7) is 5.25. The Bertz CT molecular complexity index is 280. The van der Waals surface area contributed by atoms with Crippen LogP contribution in [0.3, 0.4) is 0 Å². The van der Waals surface area contributed by atoms with E-state index in [2.05, 4.69) is 16.8 Å². The first kappa shape index (κ1) is 14.0. The van der Waals surface area contributed by atoms with Crippen LogP contribution in [0, 0.1) is 0 Å². The van der Waals surface area contributed by atoms with Crippen molar-refractivity contribution in [3.63, 3.8) is 0 Å². The molecule has 0 N–H and O–H groups in total. The molecule has 2 aliphatic heterocycles. The molecule has 0 aromatic carbocycles. The van der Waals surface area contributed by atoms with E-state index < -0.39 is 0 Å². The highest BCUT2D eigenvalue weighted by atomic mass is 16.1. The summed E-state index contributed by atoms with van der Waals surface area (Å²) >= 11 is 0. The molecule has 2 atom stereocenters. The Kier molecular flexibility index (Phi) is 5.19. The summed E-state index contributed by atoms with van der Waals surface area (Å²) in [5.41, 5.74) is 0. The average molecular weight is 252 g/mol. The molecule has 0 saturated carbocycles. The standard InChI is InChI=1S/C15H28N2O/c1-13(18)15-8-4-6-11-17(15)12-9-14-7-3-5-10-16(14)2/h14-15H,3-12H2,1-2H3. The van der Waals surface area contributed by atoms with Gasteiger partial charge in [-0.2, -0.15) is 0 Å². The van der Waals surface area contributed by atoms with Gasteiger partial charge in [0, 0.05) is 12.6 Å². The maximum atomic E-state index is 11.7. The largest absolute Gasteiger partial charge is 0.303 e. The maximum Gasteiger partial charge on any atom is 0.146 e. The SMILES string of the molecule is CC(=O)C1CCCCN1CCC1CCCCN1C. The van der Waals surface area contributed by atoms with Crippen molar-refractivity contribution in [1.29, 1.82) is 0 Å². The first-order chi connectivity index (χ1) is 8.68. The average Bonchev–Trinajstić information content (AvgIpc) is 2.38.